The van der Waals surface area contributed by atoms with Crippen molar-refractivity contribution in [1.29, 1.82) is 0 Å². The molecule has 0 aliphatic carbocycles. The van der Waals surface area contributed by atoms with Crippen LogP contribution in [0.2, 0.25) is 0 Å². The highest BCUT2D eigenvalue weighted by Crippen LogP contribution is 1.98. The molecular formula is C14H33NO2. The number of nitrogens with one attached hydrogen (secondary N) is 1. The minimum absolute atomic E-state index is 0. The Kier molecular flexibility index (Phi) is 10.9. The van der Waals surface area contributed by atoms with Crippen LogP contribution in [-0.2, 0) is 9.47 Å². The summed E-state index contributed by atoms with van der Waals surface area (Å²) in [4.78, 5) is 0. The molecule has 17 heavy (non-hydrogen) atoms. The first-order chi connectivity index (χ1) is 8.06. The molecule has 0 aliphatic heterocycles. The smallest absolute Gasteiger partial charge is 0.0487 e. The number of ether oxygens (including phenoxy) is 2. The quantitative estimate of drug-likeness (QED) is 0.569. The minimum atomic E-state index is 0. The van der Waals surface area contributed by atoms with E-state index in [2.05, 4.69) is 33.0 Å². The van der Waals surface area contributed by atoms with E-state index in [4.69, 9.17) is 9.47 Å². The zero-order valence-electron chi connectivity index (χ0n) is 12.2. The Morgan fingerprint density at radius 2 is 1.41 bits per heavy atom. The summed E-state index contributed by atoms with van der Waals surface area (Å²) in [7, 11) is 0. The van der Waals surface area contributed by atoms with Crippen molar-refractivity contribution in [1.82, 2.24) is 5.32 Å². The average molecular weight is 247 g/mol. The predicted molar refractivity (Wildman–Crippen MR) is 75.6 cm³/mol. The third-order valence-corrected chi connectivity index (χ3v) is 2.34. The van der Waals surface area contributed by atoms with Crippen LogP contribution in [0.25, 0.3) is 0 Å². The summed E-state index contributed by atoms with van der Waals surface area (Å²) in [5, 5.41) is 3.44. The molecule has 3 nitrogen and oxygen atoms in total. The maximum atomic E-state index is 5.53. The molecule has 0 spiro atoms. The van der Waals surface area contributed by atoms with E-state index < -0.39 is 0 Å². The Morgan fingerprint density at radius 1 is 0.882 bits per heavy atom. The standard InChI is InChI=1S/C14H31NO2.H2/c1-5-6-10-16-12-8-13-17-11-7-9-15-14(2,3)4;/h15H,5-13H2,1-4H3;1H. The average Bonchev–Trinajstić information content (AvgIpc) is 2.24. The Bertz CT molecular complexity index is 160. The Hall–Kier alpha value is -0.120. The highest BCUT2D eigenvalue weighted by Gasteiger charge is 2.06. The van der Waals surface area contributed by atoms with E-state index in [1.54, 1.807) is 0 Å². The van der Waals surface area contributed by atoms with Crippen LogP contribution < -0.4 is 5.32 Å². The summed E-state index contributed by atoms with van der Waals surface area (Å²) in [6, 6.07) is 0. The lowest BCUT2D eigenvalue weighted by Crippen LogP contribution is -2.36. The van der Waals surface area contributed by atoms with E-state index in [9.17, 15) is 0 Å². The lowest BCUT2D eigenvalue weighted by atomic mass is 10.1. The third-order valence-electron chi connectivity index (χ3n) is 2.34. The summed E-state index contributed by atoms with van der Waals surface area (Å²) < 4.78 is 11.0. The molecule has 0 unspecified atom stereocenters. The molecule has 0 heterocycles. The van der Waals surface area contributed by atoms with Gasteiger partial charge in [0.15, 0.2) is 0 Å². The van der Waals surface area contributed by atoms with Crippen LogP contribution in [0, 0.1) is 0 Å². The van der Waals surface area contributed by atoms with E-state index in [-0.39, 0.29) is 6.97 Å². The van der Waals surface area contributed by atoms with Crippen LogP contribution in [0.5, 0.6) is 0 Å². The molecule has 0 aliphatic rings. The van der Waals surface area contributed by atoms with Crippen molar-refractivity contribution in [2.45, 2.75) is 58.9 Å². The zero-order chi connectivity index (χ0) is 13.0. The summed E-state index contributed by atoms with van der Waals surface area (Å²) in [5.41, 5.74) is 0.215. The van der Waals surface area contributed by atoms with E-state index in [1.807, 2.05) is 0 Å². The van der Waals surface area contributed by atoms with Gasteiger partial charge in [0.1, 0.15) is 0 Å². The van der Waals surface area contributed by atoms with Gasteiger partial charge >= 0.3 is 0 Å². The van der Waals surface area contributed by atoms with Gasteiger partial charge in [0, 0.05) is 33.4 Å². The highest BCUT2D eigenvalue weighted by molar-refractivity contribution is 4.69. The van der Waals surface area contributed by atoms with Gasteiger partial charge < -0.3 is 14.8 Å². The molecule has 3 heteroatoms. The van der Waals surface area contributed by atoms with Crippen LogP contribution in [0.4, 0.5) is 0 Å². The molecular weight excluding hydrogens is 214 g/mol. The topological polar surface area (TPSA) is 30.5 Å². The number of hydrogen-bond donors (Lipinski definition) is 1. The lowest BCUT2D eigenvalue weighted by Gasteiger charge is -2.20. The predicted octanol–water partition coefficient (Wildman–Crippen LogP) is 3.23. The van der Waals surface area contributed by atoms with Crippen LogP contribution >= 0.6 is 0 Å². The van der Waals surface area contributed by atoms with Crippen LogP contribution in [0.1, 0.15) is 54.8 Å². The molecule has 0 aromatic heterocycles. The second-order valence-corrected chi connectivity index (χ2v) is 5.46. The number of unbranched alkanes of at least 4 members (excludes halogenated alkanes) is 1. The van der Waals surface area contributed by atoms with Gasteiger partial charge in [-0.15, -0.1) is 0 Å². The van der Waals surface area contributed by atoms with Gasteiger partial charge in [-0.25, -0.2) is 0 Å². The molecule has 0 rings (SSSR count). The van der Waals surface area contributed by atoms with E-state index >= 15 is 0 Å². The molecule has 0 fully saturated rings. The fraction of sp³-hybridized carbons (Fsp3) is 1.00. The normalized spacial score (nSPS) is 12.0. The molecule has 0 aromatic carbocycles. The molecule has 0 radical (unpaired) electrons. The van der Waals surface area contributed by atoms with Gasteiger partial charge in [-0.05, 0) is 46.6 Å². The molecule has 0 amide bonds. The number of rotatable bonds is 11. The molecule has 0 saturated heterocycles. The Balaban J connectivity index is 0. The largest absolute Gasteiger partial charge is 0.381 e. The van der Waals surface area contributed by atoms with Crippen molar-refractivity contribution in [3.8, 4) is 0 Å². The molecule has 0 bridgehead atoms. The molecule has 106 valence electrons. The van der Waals surface area contributed by atoms with E-state index in [0.29, 0.717) is 0 Å². The van der Waals surface area contributed by atoms with Crippen molar-refractivity contribution in [3.63, 3.8) is 0 Å². The Labute approximate surface area is 109 Å². The van der Waals surface area contributed by atoms with Crippen molar-refractivity contribution in [3.05, 3.63) is 0 Å². The van der Waals surface area contributed by atoms with Crippen LogP contribution in [-0.4, -0.2) is 38.5 Å². The van der Waals surface area contributed by atoms with Gasteiger partial charge in [-0.3, -0.25) is 0 Å². The highest BCUT2D eigenvalue weighted by atomic mass is 16.5. The van der Waals surface area contributed by atoms with Gasteiger partial charge in [0.25, 0.3) is 0 Å². The zero-order valence-corrected chi connectivity index (χ0v) is 12.2. The van der Waals surface area contributed by atoms with Crippen LogP contribution in [0.3, 0.4) is 0 Å². The van der Waals surface area contributed by atoms with Gasteiger partial charge in [0.2, 0.25) is 0 Å². The fourth-order valence-electron chi connectivity index (χ4n) is 1.35. The molecule has 1 N–H and O–H groups in total. The second-order valence-electron chi connectivity index (χ2n) is 5.46. The summed E-state index contributed by atoms with van der Waals surface area (Å²) in [6.45, 7) is 13.1. The lowest BCUT2D eigenvalue weighted by molar-refractivity contribution is 0.0803. The van der Waals surface area contributed by atoms with Gasteiger partial charge in [-0.2, -0.15) is 0 Å². The molecule has 0 aromatic rings. The summed E-state index contributed by atoms with van der Waals surface area (Å²) >= 11 is 0. The minimum Gasteiger partial charge on any atom is -0.381 e. The monoisotopic (exact) mass is 247 g/mol. The van der Waals surface area contributed by atoms with Crippen LogP contribution in [0.15, 0.2) is 0 Å². The second kappa shape index (κ2) is 11.0. The molecule has 0 saturated carbocycles. The van der Waals surface area contributed by atoms with Gasteiger partial charge in [-0.1, -0.05) is 13.3 Å². The Morgan fingerprint density at radius 3 is 1.94 bits per heavy atom. The SMILES string of the molecule is CCCCOCCCOCCCNC(C)(C)C.[HH]. The first kappa shape index (κ1) is 16.9. The van der Waals surface area contributed by atoms with Crippen molar-refractivity contribution in [2.75, 3.05) is 33.0 Å². The first-order valence-electron chi connectivity index (χ1n) is 6.97. The van der Waals surface area contributed by atoms with Gasteiger partial charge in [0.05, 0.1) is 0 Å². The fourth-order valence-corrected chi connectivity index (χ4v) is 1.35. The van der Waals surface area contributed by atoms with Crippen molar-refractivity contribution >= 4 is 0 Å². The van der Waals surface area contributed by atoms with E-state index in [0.717, 1.165) is 45.8 Å². The third kappa shape index (κ3) is 15.9. The maximum absolute atomic E-state index is 5.53. The first-order valence-corrected chi connectivity index (χ1v) is 6.97. The van der Waals surface area contributed by atoms with Crippen molar-refractivity contribution in [2.24, 2.45) is 0 Å². The maximum Gasteiger partial charge on any atom is 0.0487 e. The van der Waals surface area contributed by atoms with Crippen molar-refractivity contribution < 1.29 is 10.9 Å². The van der Waals surface area contributed by atoms with E-state index in [1.165, 1.54) is 12.8 Å². The molecule has 0 atom stereocenters. The summed E-state index contributed by atoms with van der Waals surface area (Å²) in [5.74, 6) is 0. The summed E-state index contributed by atoms with van der Waals surface area (Å²) in [6.07, 6.45) is 4.46. The number of hydrogen-bond acceptors (Lipinski definition) is 3.